The molecule has 1 aliphatic heterocycles. The van der Waals surface area contributed by atoms with Crippen molar-refractivity contribution >= 4 is 21.9 Å². The quantitative estimate of drug-likeness (QED) is 0.426. The van der Waals surface area contributed by atoms with Gasteiger partial charge in [-0.05, 0) is 30.2 Å². The lowest BCUT2D eigenvalue weighted by molar-refractivity contribution is -0.144. The number of imide groups is 1. The van der Waals surface area contributed by atoms with Crippen LogP contribution in [-0.2, 0) is 30.3 Å². The van der Waals surface area contributed by atoms with E-state index in [1.807, 2.05) is 42.5 Å². The van der Waals surface area contributed by atoms with E-state index in [-0.39, 0.29) is 42.1 Å². The molecule has 2 amide bonds. The molecule has 6 nitrogen and oxygen atoms in total. The lowest BCUT2D eigenvalue weighted by Gasteiger charge is -2.27. The van der Waals surface area contributed by atoms with Gasteiger partial charge in [0, 0.05) is 0 Å². The highest BCUT2D eigenvalue weighted by Crippen LogP contribution is 2.52. The summed E-state index contributed by atoms with van der Waals surface area (Å²) >= 11 is 0. The molecular formula is C19H21NO5S. The van der Waals surface area contributed by atoms with Crippen molar-refractivity contribution in [2.75, 3.05) is 12.9 Å². The van der Waals surface area contributed by atoms with Crippen molar-refractivity contribution in [3.05, 3.63) is 48.0 Å². The minimum Gasteiger partial charge on any atom is -0.276 e. The first-order valence-corrected chi connectivity index (χ1v) is 10.6. The summed E-state index contributed by atoms with van der Waals surface area (Å²) in [6.45, 7) is -0.215. The van der Waals surface area contributed by atoms with Crippen molar-refractivity contribution in [2.24, 2.45) is 23.7 Å². The predicted molar refractivity (Wildman–Crippen MR) is 94.3 cm³/mol. The maximum atomic E-state index is 13.0. The summed E-state index contributed by atoms with van der Waals surface area (Å²) in [5.74, 6) is -0.716. The van der Waals surface area contributed by atoms with Crippen LogP contribution in [0.4, 0.5) is 0 Å². The summed E-state index contributed by atoms with van der Waals surface area (Å²) in [4.78, 5) is 27.3. The smallest absolute Gasteiger partial charge is 0.264 e. The summed E-state index contributed by atoms with van der Waals surface area (Å²) in [6, 6.07) is 8.78. The third-order valence-corrected chi connectivity index (χ3v) is 6.22. The normalized spacial score (nSPS) is 30.9. The average molecular weight is 375 g/mol. The number of hydrogen-bond acceptors (Lipinski definition) is 5. The lowest BCUT2D eigenvalue weighted by Crippen LogP contribution is -2.46. The lowest BCUT2D eigenvalue weighted by atomic mass is 9.85. The van der Waals surface area contributed by atoms with Crippen molar-refractivity contribution in [3.63, 3.8) is 0 Å². The van der Waals surface area contributed by atoms with Gasteiger partial charge in [0.15, 0.2) is 0 Å². The molecule has 5 atom stereocenters. The van der Waals surface area contributed by atoms with Gasteiger partial charge >= 0.3 is 0 Å². The van der Waals surface area contributed by atoms with E-state index in [0.29, 0.717) is 6.42 Å². The Bertz CT molecular complexity index is 833. The topological polar surface area (TPSA) is 80.8 Å². The highest BCUT2D eigenvalue weighted by atomic mass is 32.2. The molecule has 0 spiro atoms. The molecule has 1 aromatic carbocycles. The van der Waals surface area contributed by atoms with E-state index in [2.05, 4.69) is 0 Å². The van der Waals surface area contributed by atoms with Gasteiger partial charge in [0.2, 0.25) is 11.8 Å². The van der Waals surface area contributed by atoms with E-state index >= 15 is 0 Å². The molecule has 1 heterocycles. The van der Waals surface area contributed by atoms with Gasteiger partial charge in [0.05, 0.1) is 30.7 Å². The average Bonchev–Trinajstić information content (AvgIpc) is 3.26. The van der Waals surface area contributed by atoms with Crippen LogP contribution in [-0.4, -0.2) is 44.0 Å². The van der Waals surface area contributed by atoms with Crippen LogP contribution < -0.4 is 0 Å². The molecule has 5 unspecified atom stereocenters. The van der Waals surface area contributed by atoms with Crippen LogP contribution in [0.2, 0.25) is 0 Å². The summed E-state index contributed by atoms with van der Waals surface area (Å²) in [6.07, 6.45) is 6.29. The first-order valence-electron chi connectivity index (χ1n) is 8.79. The number of allylic oxidation sites excluding steroid dienone is 2. The number of benzene rings is 1. The summed E-state index contributed by atoms with van der Waals surface area (Å²) in [5.41, 5.74) is 0.924. The number of fused-ring (bicyclic) bond motifs is 5. The van der Waals surface area contributed by atoms with Crippen molar-refractivity contribution in [3.8, 4) is 0 Å². The van der Waals surface area contributed by atoms with Gasteiger partial charge in [-0.25, -0.2) is 0 Å². The van der Waals surface area contributed by atoms with Crippen molar-refractivity contribution in [1.82, 2.24) is 4.90 Å². The standard InChI is InChI=1S/C19H21NO5S/c1-26(23,24)25-11-15(9-12-5-3-2-4-6-12)20-18(21)16-13-7-8-14(10-13)17(16)19(20)22/h2-8,13-17H,9-11H2,1H3. The summed E-state index contributed by atoms with van der Waals surface area (Å²) in [5, 5.41) is 0. The van der Waals surface area contributed by atoms with Gasteiger partial charge in [-0.2, -0.15) is 8.42 Å². The molecule has 4 rings (SSSR count). The second-order valence-electron chi connectivity index (χ2n) is 7.38. The predicted octanol–water partition coefficient (Wildman–Crippen LogP) is 1.38. The second-order valence-corrected chi connectivity index (χ2v) is 9.02. The number of nitrogens with zero attached hydrogens (tertiary/aromatic N) is 1. The number of likely N-dealkylation sites (tertiary alicyclic amines) is 1. The van der Waals surface area contributed by atoms with Crippen LogP contribution in [0.15, 0.2) is 42.5 Å². The molecule has 2 aliphatic carbocycles. The molecule has 7 heteroatoms. The fraction of sp³-hybridized carbons (Fsp3) is 0.474. The zero-order valence-corrected chi connectivity index (χ0v) is 15.3. The molecule has 1 aromatic rings. The SMILES string of the molecule is CS(=O)(=O)OCC(Cc1ccccc1)N1C(=O)C2C3C=CC(C3)C2C1=O. The number of hydrogen-bond donors (Lipinski definition) is 0. The molecular weight excluding hydrogens is 354 g/mol. The molecule has 2 bridgehead atoms. The first-order chi connectivity index (χ1) is 12.3. The summed E-state index contributed by atoms with van der Waals surface area (Å²) in [7, 11) is -3.67. The first kappa shape index (κ1) is 17.4. The van der Waals surface area contributed by atoms with Crippen molar-refractivity contribution in [1.29, 1.82) is 0 Å². The Morgan fingerprint density at radius 1 is 1.08 bits per heavy atom. The Labute approximate surface area is 152 Å². The van der Waals surface area contributed by atoms with E-state index in [9.17, 15) is 18.0 Å². The molecule has 0 aromatic heterocycles. The molecule has 0 radical (unpaired) electrons. The van der Waals surface area contributed by atoms with Gasteiger partial charge in [-0.15, -0.1) is 0 Å². The van der Waals surface area contributed by atoms with Crippen LogP contribution in [0.3, 0.4) is 0 Å². The molecule has 138 valence electrons. The number of rotatable bonds is 6. The second kappa shape index (κ2) is 6.32. The van der Waals surface area contributed by atoms with Gasteiger partial charge in [0.25, 0.3) is 10.1 Å². The van der Waals surface area contributed by atoms with Crippen LogP contribution in [0.1, 0.15) is 12.0 Å². The fourth-order valence-corrected chi connectivity index (χ4v) is 5.00. The zero-order valence-electron chi connectivity index (χ0n) is 14.4. The van der Waals surface area contributed by atoms with Crippen LogP contribution in [0.25, 0.3) is 0 Å². The van der Waals surface area contributed by atoms with E-state index in [4.69, 9.17) is 4.18 Å². The zero-order chi connectivity index (χ0) is 18.5. The molecule has 1 saturated carbocycles. The van der Waals surface area contributed by atoms with Crippen LogP contribution in [0, 0.1) is 23.7 Å². The number of carbonyl (C=O) groups is 2. The van der Waals surface area contributed by atoms with Gasteiger partial charge < -0.3 is 0 Å². The third kappa shape index (κ3) is 2.99. The maximum Gasteiger partial charge on any atom is 0.264 e. The van der Waals surface area contributed by atoms with Crippen LogP contribution >= 0.6 is 0 Å². The van der Waals surface area contributed by atoms with Gasteiger partial charge in [0.1, 0.15) is 0 Å². The van der Waals surface area contributed by atoms with Gasteiger partial charge in [-0.3, -0.25) is 18.7 Å². The number of carbonyl (C=O) groups excluding carboxylic acids is 2. The van der Waals surface area contributed by atoms with E-state index in [1.165, 1.54) is 4.90 Å². The minimum atomic E-state index is -3.67. The van der Waals surface area contributed by atoms with Gasteiger partial charge in [-0.1, -0.05) is 42.5 Å². The highest BCUT2D eigenvalue weighted by Gasteiger charge is 2.60. The van der Waals surface area contributed by atoms with E-state index < -0.39 is 16.2 Å². The Kier molecular flexibility index (Phi) is 4.23. The Morgan fingerprint density at radius 3 is 2.19 bits per heavy atom. The molecule has 2 fully saturated rings. The van der Waals surface area contributed by atoms with E-state index in [0.717, 1.165) is 18.2 Å². The monoisotopic (exact) mass is 375 g/mol. The van der Waals surface area contributed by atoms with Crippen molar-refractivity contribution in [2.45, 2.75) is 18.9 Å². The Balaban J connectivity index is 1.61. The Morgan fingerprint density at radius 2 is 1.65 bits per heavy atom. The molecule has 3 aliphatic rings. The Hall–Kier alpha value is -1.99. The van der Waals surface area contributed by atoms with Crippen molar-refractivity contribution < 1.29 is 22.2 Å². The van der Waals surface area contributed by atoms with E-state index in [1.54, 1.807) is 0 Å². The summed E-state index contributed by atoms with van der Waals surface area (Å²) < 4.78 is 27.9. The fourth-order valence-electron chi connectivity index (χ4n) is 4.60. The maximum absolute atomic E-state index is 13.0. The highest BCUT2D eigenvalue weighted by molar-refractivity contribution is 7.85. The third-order valence-electron chi connectivity index (χ3n) is 5.66. The molecule has 0 N–H and O–H groups in total. The minimum absolute atomic E-state index is 0.125. The largest absolute Gasteiger partial charge is 0.276 e. The van der Waals surface area contributed by atoms with Crippen LogP contribution in [0.5, 0.6) is 0 Å². The molecule has 1 saturated heterocycles. The number of amides is 2. The molecule has 26 heavy (non-hydrogen) atoms.